The fourth-order valence-corrected chi connectivity index (χ4v) is 3.58. The SMILES string of the molecule is COc1ccc(CCNC(=O)c2cn3cc(-c4ccc(F)c(Cl)c4)ccc3n2)cc1OC. The zero-order chi connectivity index (χ0) is 22.7. The quantitative estimate of drug-likeness (QED) is 0.437. The van der Waals surface area contributed by atoms with Crippen LogP contribution in [0.1, 0.15) is 16.1 Å². The van der Waals surface area contributed by atoms with E-state index in [1.165, 1.54) is 6.07 Å². The van der Waals surface area contributed by atoms with Gasteiger partial charge in [-0.25, -0.2) is 9.37 Å². The second-order valence-electron chi connectivity index (χ2n) is 7.13. The monoisotopic (exact) mass is 453 g/mol. The Morgan fingerprint density at radius 3 is 2.56 bits per heavy atom. The average Bonchev–Trinajstić information content (AvgIpc) is 3.24. The lowest BCUT2D eigenvalue weighted by atomic mass is 10.1. The number of pyridine rings is 1. The third-order valence-electron chi connectivity index (χ3n) is 5.08. The van der Waals surface area contributed by atoms with Crippen LogP contribution in [0.15, 0.2) is 60.9 Å². The van der Waals surface area contributed by atoms with Crippen LogP contribution in [0.25, 0.3) is 16.8 Å². The molecular formula is C24H21ClFN3O3. The summed E-state index contributed by atoms with van der Waals surface area (Å²) in [6.45, 7) is 0.446. The van der Waals surface area contributed by atoms with Gasteiger partial charge < -0.3 is 19.2 Å². The molecule has 0 saturated carbocycles. The summed E-state index contributed by atoms with van der Waals surface area (Å²) in [4.78, 5) is 17.0. The third-order valence-corrected chi connectivity index (χ3v) is 5.37. The second kappa shape index (κ2) is 9.28. The number of nitrogens with one attached hydrogen (secondary N) is 1. The minimum atomic E-state index is -0.467. The number of halogens is 2. The van der Waals surface area contributed by atoms with E-state index in [1.54, 1.807) is 43.0 Å². The number of hydrogen-bond donors (Lipinski definition) is 1. The number of imidazole rings is 1. The standard InChI is InChI=1S/C24H21ClFN3O3/c1-31-21-7-3-15(11-22(21)32-2)9-10-27-24(30)20-14-29-13-17(5-8-23(29)28-20)16-4-6-19(26)18(25)12-16/h3-8,11-14H,9-10H2,1-2H3,(H,27,30). The van der Waals surface area contributed by atoms with Crippen molar-refractivity contribution in [3.05, 3.63) is 83.0 Å². The molecule has 0 bridgehead atoms. The summed E-state index contributed by atoms with van der Waals surface area (Å²) in [6, 6.07) is 13.9. The Hall–Kier alpha value is -3.58. The molecule has 32 heavy (non-hydrogen) atoms. The van der Waals surface area contributed by atoms with Crippen molar-refractivity contribution >= 4 is 23.2 Å². The molecular weight excluding hydrogens is 433 g/mol. The van der Waals surface area contributed by atoms with Gasteiger partial charge in [-0.1, -0.05) is 23.7 Å². The van der Waals surface area contributed by atoms with Gasteiger partial charge in [0.05, 0.1) is 19.2 Å². The van der Waals surface area contributed by atoms with Gasteiger partial charge in [0, 0.05) is 18.9 Å². The highest BCUT2D eigenvalue weighted by atomic mass is 35.5. The van der Waals surface area contributed by atoms with Crippen LogP contribution in [0.5, 0.6) is 11.5 Å². The Bertz CT molecular complexity index is 1290. The lowest BCUT2D eigenvalue weighted by Crippen LogP contribution is -2.26. The van der Waals surface area contributed by atoms with Crippen LogP contribution >= 0.6 is 11.6 Å². The van der Waals surface area contributed by atoms with Crippen molar-refractivity contribution in [2.24, 2.45) is 0 Å². The molecule has 0 atom stereocenters. The zero-order valence-electron chi connectivity index (χ0n) is 17.6. The number of rotatable bonds is 7. The Labute approximate surface area is 189 Å². The van der Waals surface area contributed by atoms with Gasteiger partial charge in [-0.3, -0.25) is 4.79 Å². The van der Waals surface area contributed by atoms with Crippen molar-refractivity contribution in [2.75, 3.05) is 20.8 Å². The molecule has 2 heterocycles. The van der Waals surface area contributed by atoms with Gasteiger partial charge in [0.25, 0.3) is 5.91 Å². The van der Waals surface area contributed by atoms with E-state index in [9.17, 15) is 9.18 Å². The molecule has 0 unspecified atom stereocenters. The predicted octanol–water partition coefficient (Wildman–Crippen LogP) is 4.78. The number of amides is 1. The molecule has 8 heteroatoms. The predicted molar refractivity (Wildman–Crippen MR) is 121 cm³/mol. The van der Waals surface area contributed by atoms with Crippen LogP contribution in [0.2, 0.25) is 5.02 Å². The van der Waals surface area contributed by atoms with E-state index in [2.05, 4.69) is 10.3 Å². The minimum Gasteiger partial charge on any atom is -0.493 e. The maximum absolute atomic E-state index is 13.4. The van der Waals surface area contributed by atoms with E-state index >= 15 is 0 Å². The maximum atomic E-state index is 13.4. The van der Waals surface area contributed by atoms with Crippen LogP contribution in [-0.2, 0) is 6.42 Å². The van der Waals surface area contributed by atoms with E-state index in [-0.39, 0.29) is 10.9 Å². The number of hydrogen-bond acceptors (Lipinski definition) is 4. The topological polar surface area (TPSA) is 64.9 Å². The van der Waals surface area contributed by atoms with Crippen molar-refractivity contribution in [1.29, 1.82) is 0 Å². The number of nitrogens with zero attached hydrogens (tertiary/aromatic N) is 2. The van der Waals surface area contributed by atoms with Crippen molar-refractivity contribution in [2.45, 2.75) is 6.42 Å². The van der Waals surface area contributed by atoms with Crippen LogP contribution in [0.3, 0.4) is 0 Å². The molecule has 0 saturated heterocycles. The third kappa shape index (κ3) is 4.53. The van der Waals surface area contributed by atoms with E-state index < -0.39 is 5.82 Å². The first-order chi connectivity index (χ1) is 15.5. The Balaban J connectivity index is 1.44. The maximum Gasteiger partial charge on any atom is 0.271 e. The molecule has 0 radical (unpaired) electrons. The number of aromatic nitrogens is 2. The number of fused-ring (bicyclic) bond motifs is 1. The Morgan fingerprint density at radius 1 is 1.03 bits per heavy atom. The highest BCUT2D eigenvalue weighted by Crippen LogP contribution is 2.28. The second-order valence-corrected chi connectivity index (χ2v) is 7.54. The highest BCUT2D eigenvalue weighted by Gasteiger charge is 2.12. The summed E-state index contributed by atoms with van der Waals surface area (Å²) in [7, 11) is 3.17. The van der Waals surface area contributed by atoms with Crippen molar-refractivity contribution in [3.8, 4) is 22.6 Å². The van der Waals surface area contributed by atoms with Gasteiger partial charge in [-0.2, -0.15) is 0 Å². The number of methoxy groups -OCH3 is 2. The summed E-state index contributed by atoms with van der Waals surface area (Å²) in [5.41, 5.74) is 3.56. The van der Waals surface area contributed by atoms with Gasteiger partial charge in [-0.05, 0) is 59.5 Å². The first-order valence-corrected chi connectivity index (χ1v) is 10.3. The van der Waals surface area contributed by atoms with Crippen molar-refractivity contribution in [1.82, 2.24) is 14.7 Å². The van der Waals surface area contributed by atoms with Gasteiger partial charge in [0.15, 0.2) is 11.5 Å². The first-order valence-electron chi connectivity index (χ1n) is 9.92. The molecule has 164 valence electrons. The molecule has 2 aromatic carbocycles. The van der Waals surface area contributed by atoms with E-state index in [4.69, 9.17) is 21.1 Å². The first kappa shape index (κ1) is 21.6. The molecule has 6 nitrogen and oxygen atoms in total. The smallest absolute Gasteiger partial charge is 0.271 e. The minimum absolute atomic E-state index is 0.0581. The van der Waals surface area contributed by atoms with E-state index in [0.717, 1.165) is 16.7 Å². The normalized spacial score (nSPS) is 10.9. The summed E-state index contributed by atoms with van der Waals surface area (Å²) < 4.78 is 25.7. The van der Waals surface area contributed by atoms with Crippen molar-refractivity contribution < 1.29 is 18.7 Å². The molecule has 0 spiro atoms. The molecule has 4 rings (SSSR count). The summed E-state index contributed by atoms with van der Waals surface area (Å²) in [5.74, 6) is 0.578. The number of ether oxygens (including phenoxy) is 2. The fraction of sp³-hybridized carbons (Fsp3) is 0.167. The van der Waals surface area contributed by atoms with E-state index in [1.807, 2.05) is 30.5 Å². The zero-order valence-corrected chi connectivity index (χ0v) is 18.3. The van der Waals surface area contributed by atoms with Gasteiger partial charge >= 0.3 is 0 Å². The lowest BCUT2D eigenvalue weighted by Gasteiger charge is -2.09. The largest absolute Gasteiger partial charge is 0.493 e. The van der Waals surface area contributed by atoms with Crippen LogP contribution in [-0.4, -0.2) is 36.1 Å². The van der Waals surface area contributed by atoms with E-state index in [0.29, 0.717) is 35.8 Å². The average molecular weight is 454 g/mol. The molecule has 0 aliphatic heterocycles. The molecule has 1 N–H and O–H groups in total. The van der Waals surface area contributed by atoms with Gasteiger partial charge in [0.2, 0.25) is 0 Å². The van der Waals surface area contributed by atoms with Gasteiger partial charge in [-0.15, -0.1) is 0 Å². The Morgan fingerprint density at radius 2 is 1.81 bits per heavy atom. The lowest BCUT2D eigenvalue weighted by molar-refractivity contribution is 0.0949. The fourth-order valence-electron chi connectivity index (χ4n) is 3.39. The van der Waals surface area contributed by atoms with Crippen LogP contribution in [0, 0.1) is 5.82 Å². The van der Waals surface area contributed by atoms with Gasteiger partial charge in [0.1, 0.15) is 17.2 Å². The molecule has 2 aromatic heterocycles. The number of benzene rings is 2. The Kier molecular flexibility index (Phi) is 6.28. The molecule has 0 aliphatic carbocycles. The number of carbonyl (C=O) groups excluding carboxylic acids is 1. The number of carbonyl (C=O) groups is 1. The molecule has 4 aromatic rings. The van der Waals surface area contributed by atoms with Crippen LogP contribution < -0.4 is 14.8 Å². The molecule has 1 amide bonds. The molecule has 0 aliphatic rings. The molecule has 0 fully saturated rings. The van der Waals surface area contributed by atoms with Crippen molar-refractivity contribution in [3.63, 3.8) is 0 Å². The summed E-state index contributed by atoms with van der Waals surface area (Å²) in [5, 5.41) is 2.95. The summed E-state index contributed by atoms with van der Waals surface area (Å²) in [6.07, 6.45) is 4.12. The summed E-state index contributed by atoms with van der Waals surface area (Å²) >= 11 is 5.89. The van der Waals surface area contributed by atoms with Crippen LogP contribution in [0.4, 0.5) is 4.39 Å². The highest BCUT2D eigenvalue weighted by molar-refractivity contribution is 6.31.